The van der Waals surface area contributed by atoms with Gasteiger partial charge in [0.1, 0.15) is 0 Å². The molecule has 0 amide bonds. The van der Waals surface area contributed by atoms with E-state index in [-0.39, 0.29) is 6.04 Å². The predicted molar refractivity (Wildman–Crippen MR) is 42.7 cm³/mol. The van der Waals surface area contributed by atoms with Gasteiger partial charge in [-0.05, 0) is 18.6 Å². The molecule has 0 aliphatic rings. The quantitative estimate of drug-likeness (QED) is 0.594. The lowest BCUT2D eigenvalue weighted by molar-refractivity contribution is 0.916. The third-order valence-electron chi connectivity index (χ3n) is 1.49. The van der Waals surface area contributed by atoms with Gasteiger partial charge < -0.3 is 10.7 Å². The molecule has 54 valence electrons. The first-order valence-electron chi connectivity index (χ1n) is 3.27. The maximum Gasteiger partial charge on any atom is 0.0493 e. The van der Waals surface area contributed by atoms with Crippen molar-refractivity contribution >= 4 is 0 Å². The smallest absolute Gasteiger partial charge is 0.0493 e. The van der Waals surface area contributed by atoms with Crippen LogP contribution in [0.5, 0.6) is 0 Å². The van der Waals surface area contributed by atoms with Crippen LogP contribution in [-0.4, -0.2) is 4.98 Å². The molecule has 0 unspecified atom stereocenters. The van der Waals surface area contributed by atoms with Crippen molar-refractivity contribution in [1.82, 2.24) is 4.98 Å². The maximum atomic E-state index is 5.67. The van der Waals surface area contributed by atoms with Crippen LogP contribution in [0.1, 0.15) is 17.3 Å². The van der Waals surface area contributed by atoms with Crippen LogP contribution in [0.2, 0.25) is 0 Å². The van der Waals surface area contributed by atoms with E-state index < -0.39 is 0 Å². The van der Waals surface area contributed by atoms with Crippen LogP contribution in [0.25, 0.3) is 0 Å². The first kappa shape index (κ1) is 7.09. The van der Waals surface area contributed by atoms with Gasteiger partial charge >= 0.3 is 0 Å². The van der Waals surface area contributed by atoms with Crippen LogP contribution in [0, 0.1) is 6.92 Å². The van der Waals surface area contributed by atoms with E-state index in [4.69, 9.17) is 5.73 Å². The predicted octanol–water partition coefficient (Wildman–Crippen LogP) is 1.51. The Labute approximate surface area is 60.8 Å². The number of nitrogens with one attached hydrogen (secondary N) is 1. The molecule has 1 atom stereocenters. The lowest BCUT2D eigenvalue weighted by Crippen LogP contribution is -2.04. The fourth-order valence-electron chi connectivity index (χ4n) is 0.859. The van der Waals surface area contributed by atoms with E-state index >= 15 is 0 Å². The van der Waals surface area contributed by atoms with Gasteiger partial charge in [-0.15, -0.1) is 6.58 Å². The Morgan fingerprint density at radius 1 is 1.80 bits per heavy atom. The average molecular weight is 136 g/mol. The number of H-pyrrole nitrogens is 1. The fraction of sp³-hybridized carbons (Fsp3) is 0.250. The lowest BCUT2D eigenvalue weighted by atomic mass is 10.1. The van der Waals surface area contributed by atoms with Crippen LogP contribution in [0.4, 0.5) is 0 Å². The molecule has 0 spiro atoms. The number of rotatable bonds is 2. The third kappa shape index (κ3) is 1.28. The van der Waals surface area contributed by atoms with Crippen molar-refractivity contribution in [3.63, 3.8) is 0 Å². The van der Waals surface area contributed by atoms with Gasteiger partial charge in [-0.1, -0.05) is 6.08 Å². The number of aryl methyl sites for hydroxylation is 1. The van der Waals surface area contributed by atoms with Crippen molar-refractivity contribution in [3.8, 4) is 0 Å². The van der Waals surface area contributed by atoms with Crippen molar-refractivity contribution < 1.29 is 0 Å². The highest BCUT2D eigenvalue weighted by atomic mass is 14.7. The average Bonchev–Trinajstić information content (AvgIpc) is 2.34. The van der Waals surface area contributed by atoms with E-state index in [1.807, 2.05) is 19.2 Å². The zero-order chi connectivity index (χ0) is 7.56. The number of nitrogens with two attached hydrogens (primary N) is 1. The molecule has 0 aromatic carbocycles. The Hall–Kier alpha value is -1.02. The Morgan fingerprint density at radius 3 is 2.90 bits per heavy atom. The van der Waals surface area contributed by atoms with Crippen molar-refractivity contribution in [3.05, 3.63) is 36.2 Å². The minimum atomic E-state index is -0.0371. The molecule has 0 fully saturated rings. The second-order valence-electron chi connectivity index (χ2n) is 2.38. The third-order valence-corrected chi connectivity index (χ3v) is 1.49. The summed E-state index contributed by atoms with van der Waals surface area (Å²) in [4.78, 5) is 3.06. The number of aromatic amines is 1. The Balaban J connectivity index is 2.84. The summed E-state index contributed by atoms with van der Waals surface area (Å²) in [5.74, 6) is 0. The van der Waals surface area contributed by atoms with E-state index in [9.17, 15) is 0 Å². The Kier molecular flexibility index (Phi) is 1.92. The van der Waals surface area contributed by atoms with E-state index in [1.165, 1.54) is 0 Å². The zero-order valence-corrected chi connectivity index (χ0v) is 6.09. The Morgan fingerprint density at radius 2 is 2.50 bits per heavy atom. The summed E-state index contributed by atoms with van der Waals surface area (Å²) in [6.45, 7) is 5.61. The van der Waals surface area contributed by atoms with Crippen molar-refractivity contribution in [2.24, 2.45) is 5.73 Å². The van der Waals surface area contributed by atoms with E-state index in [2.05, 4.69) is 11.6 Å². The van der Waals surface area contributed by atoms with Gasteiger partial charge in [0.25, 0.3) is 0 Å². The van der Waals surface area contributed by atoms with Crippen LogP contribution in [-0.2, 0) is 0 Å². The largest absolute Gasteiger partial charge is 0.365 e. The number of hydrogen-bond acceptors (Lipinski definition) is 1. The SMILES string of the molecule is C=C[C@H](N)c1c[nH]c(C)c1. The van der Waals surface area contributed by atoms with E-state index in [0.29, 0.717) is 0 Å². The van der Waals surface area contributed by atoms with Gasteiger partial charge in [0, 0.05) is 17.9 Å². The molecule has 0 aliphatic carbocycles. The molecule has 1 aromatic heterocycles. The molecule has 0 bridgehead atoms. The standard InChI is InChI=1S/C8H12N2/c1-3-8(9)7-4-6(2)10-5-7/h3-5,8,10H,1,9H2,2H3/t8-/m0/s1. The molecule has 0 aliphatic heterocycles. The molecule has 1 aromatic rings. The van der Waals surface area contributed by atoms with Gasteiger partial charge in [0.15, 0.2) is 0 Å². The molecule has 10 heavy (non-hydrogen) atoms. The highest BCUT2D eigenvalue weighted by molar-refractivity contribution is 5.22. The Bertz CT molecular complexity index is 225. The second-order valence-corrected chi connectivity index (χ2v) is 2.38. The topological polar surface area (TPSA) is 41.8 Å². The second kappa shape index (κ2) is 2.71. The number of hydrogen-bond donors (Lipinski definition) is 2. The van der Waals surface area contributed by atoms with Gasteiger partial charge in [0.05, 0.1) is 0 Å². The minimum Gasteiger partial charge on any atom is -0.365 e. The summed E-state index contributed by atoms with van der Waals surface area (Å²) in [6.07, 6.45) is 3.63. The van der Waals surface area contributed by atoms with Crippen molar-refractivity contribution in [2.45, 2.75) is 13.0 Å². The summed E-state index contributed by atoms with van der Waals surface area (Å²) in [5, 5.41) is 0. The van der Waals surface area contributed by atoms with Crippen LogP contribution in [0.3, 0.4) is 0 Å². The molecule has 0 saturated carbocycles. The van der Waals surface area contributed by atoms with Gasteiger partial charge in [0.2, 0.25) is 0 Å². The monoisotopic (exact) mass is 136 g/mol. The summed E-state index contributed by atoms with van der Waals surface area (Å²) in [5.41, 5.74) is 7.89. The lowest BCUT2D eigenvalue weighted by Gasteiger charge is -1.99. The van der Waals surface area contributed by atoms with Gasteiger partial charge in [-0.3, -0.25) is 0 Å². The highest BCUT2D eigenvalue weighted by Gasteiger charge is 2.00. The summed E-state index contributed by atoms with van der Waals surface area (Å²) in [6, 6.07) is 1.98. The first-order chi connectivity index (χ1) is 4.74. The van der Waals surface area contributed by atoms with Crippen LogP contribution >= 0.6 is 0 Å². The maximum absolute atomic E-state index is 5.67. The van der Waals surface area contributed by atoms with Gasteiger partial charge in [-0.25, -0.2) is 0 Å². The molecule has 2 heteroatoms. The number of aromatic nitrogens is 1. The minimum absolute atomic E-state index is 0.0371. The molecule has 0 saturated heterocycles. The molecule has 1 rings (SSSR count). The molecular formula is C8H12N2. The summed E-state index contributed by atoms with van der Waals surface area (Å²) >= 11 is 0. The van der Waals surface area contributed by atoms with Crippen molar-refractivity contribution in [2.75, 3.05) is 0 Å². The summed E-state index contributed by atoms with van der Waals surface area (Å²) in [7, 11) is 0. The van der Waals surface area contributed by atoms with Crippen molar-refractivity contribution in [1.29, 1.82) is 0 Å². The van der Waals surface area contributed by atoms with Crippen LogP contribution < -0.4 is 5.73 Å². The molecule has 3 N–H and O–H groups in total. The first-order valence-corrected chi connectivity index (χ1v) is 3.27. The normalized spacial score (nSPS) is 13.0. The summed E-state index contributed by atoms with van der Waals surface area (Å²) < 4.78 is 0. The van der Waals surface area contributed by atoms with E-state index in [0.717, 1.165) is 11.3 Å². The molecular weight excluding hydrogens is 124 g/mol. The van der Waals surface area contributed by atoms with Gasteiger partial charge in [-0.2, -0.15) is 0 Å². The highest BCUT2D eigenvalue weighted by Crippen LogP contribution is 2.11. The molecule has 2 nitrogen and oxygen atoms in total. The zero-order valence-electron chi connectivity index (χ0n) is 6.09. The fourth-order valence-corrected chi connectivity index (χ4v) is 0.859. The molecule has 1 heterocycles. The molecule has 0 radical (unpaired) electrons. The van der Waals surface area contributed by atoms with Crippen LogP contribution in [0.15, 0.2) is 24.9 Å². The van der Waals surface area contributed by atoms with E-state index in [1.54, 1.807) is 6.08 Å².